The summed E-state index contributed by atoms with van der Waals surface area (Å²) >= 11 is 0. The Hall–Kier alpha value is -2.90. The average Bonchev–Trinajstić information content (AvgIpc) is 2.99. The van der Waals surface area contributed by atoms with Crippen LogP contribution in [0.3, 0.4) is 0 Å². The first-order valence-corrected chi connectivity index (χ1v) is 8.94. The number of hydrogen-bond acceptors (Lipinski definition) is 4. The zero-order valence-corrected chi connectivity index (χ0v) is 16.1. The molecule has 0 saturated carbocycles. The highest BCUT2D eigenvalue weighted by Gasteiger charge is 2.12. The zero-order valence-electron chi connectivity index (χ0n) is 16.1. The van der Waals surface area contributed by atoms with Crippen LogP contribution in [0.15, 0.2) is 41.9 Å². The SMILES string of the molecule is C=CCNC(=NCc1nnc(C)n1C)NCC(CC)Oc1ccccc1F. The lowest BCUT2D eigenvalue weighted by atomic mass is 10.2. The van der Waals surface area contributed by atoms with Crippen LogP contribution in [0.1, 0.15) is 25.0 Å². The number of nitrogens with zero attached hydrogens (tertiary/aromatic N) is 4. The number of rotatable bonds is 9. The maximum absolute atomic E-state index is 13.8. The lowest BCUT2D eigenvalue weighted by molar-refractivity contribution is 0.191. The smallest absolute Gasteiger partial charge is 0.192 e. The first kappa shape index (κ1) is 20.4. The van der Waals surface area contributed by atoms with Crippen molar-refractivity contribution in [3.05, 3.63) is 54.4 Å². The molecule has 0 amide bonds. The molecule has 1 aromatic carbocycles. The van der Waals surface area contributed by atoms with Gasteiger partial charge in [0.25, 0.3) is 0 Å². The molecular formula is C19H27FN6O. The maximum Gasteiger partial charge on any atom is 0.192 e. The predicted molar refractivity (Wildman–Crippen MR) is 104 cm³/mol. The molecule has 0 bridgehead atoms. The summed E-state index contributed by atoms with van der Waals surface area (Å²) in [5.74, 6) is 2.08. The molecule has 0 aliphatic rings. The van der Waals surface area contributed by atoms with Gasteiger partial charge in [-0.3, -0.25) is 0 Å². The molecule has 0 spiro atoms. The summed E-state index contributed by atoms with van der Waals surface area (Å²) in [5.41, 5.74) is 0. The summed E-state index contributed by atoms with van der Waals surface area (Å²) in [4.78, 5) is 4.53. The molecule has 0 radical (unpaired) electrons. The van der Waals surface area contributed by atoms with Gasteiger partial charge in [0.05, 0.1) is 6.54 Å². The quantitative estimate of drug-likeness (QED) is 0.400. The molecule has 2 rings (SSSR count). The van der Waals surface area contributed by atoms with Gasteiger partial charge in [-0.25, -0.2) is 9.38 Å². The molecule has 0 aliphatic heterocycles. The van der Waals surface area contributed by atoms with E-state index in [1.165, 1.54) is 6.07 Å². The fraction of sp³-hybridized carbons (Fsp3) is 0.421. The van der Waals surface area contributed by atoms with E-state index in [1.807, 2.05) is 25.5 Å². The molecule has 0 saturated heterocycles. The summed E-state index contributed by atoms with van der Waals surface area (Å²) in [6.45, 7) is 9.01. The van der Waals surface area contributed by atoms with Crippen LogP contribution < -0.4 is 15.4 Å². The molecule has 2 N–H and O–H groups in total. The van der Waals surface area contributed by atoms with Gasteiger partial charge < -0.3 is 19.9 Å². The van der Waals surface area contributed by atoms with Crippen LogP contribution in [0.5, 0.6) is 5.75 Å². The van der Waals surface area contributed by atoms with Gasteiger partial charge in [-0.2, -0.15) is 0 Å². The zero-order chi connectivity index (χ0) is 19.6. The van der Waals surface area contributed by atoms with Gasteiger partial charge in [0.15, 0.2) is 23.4 Å². The van der Waals surface area contributed by atoms with Crippen molar-refractivity contribution in [3.8, 4) is 5.75 Å². The Labute approximate surface area is 159 Å². The molecular weight excluding hydrogens is 347 g/mol. The van der Waals surface area contributed by atoms with E-state index in [-0.39, 0.29) is 17.7 Å². The summed E-state index contributed by atoms with van der Waals surface area (Å²) in [5, 5.41) is 14.5. The van der Waals surface area contributed by atoms with Crippen molar-refractivity contribution in [2.45, 2.75) is 32.9 Å². The van der Waals surface area contributed by atoms with E-state index >= 15 is 0 Å². The van der Waals surface area contributed by atoms with Crippen molar-refractivity contribution in [2.24, 2.45) is 12.0 Å². The minimum absolute atomic E-state index is 0.199. The van der Waals surface area contributed by atoms with Gasteiger partial charge in [-0.05, 0) is 25.5 Å². The van der Waals surface area contributed by atoms with Gasteiger partial charge in [0, 0.05) is 13.6 Å². The Morgan fingerprint density at radius 3 is 2.78 bits per heavy atom. The van der Waals surface area contributed by atoms with Crippen molar-refractivity contribution in [3.63, 3.8) is 0 Å². The minimum Gasteiger partial charge on any atom is -0.486 e. The van der Waals surface area contributed by atoms with E-state index in [4.69, 9.17) is 4.74 Å². The summed E-state index contributed by atoms with van der Waals surface area (Å²) < 4.78 is 21.5. The number of aryl methyl sites for hydroxylation is 1. The third-order valence-corrected chi connectivity index (χ3v) is 4.06. The van der Waals surface area contributed by atoms with E-state index in [9.17, 15) is 4.39 Å². The number of hydrogen-bond donors (Lipinski definition) is 2. The van der Waals surface area contributed by atoms with E-state index in [0.717, 1.165) is 18.1 Å². The van der Waals surface area contributed by atoms with Gasteiger partial charge in [-0.1, -0.05) is 25.1 Å². The largest absolute Gasteiger partial charge is 0.486 e. The fourth-order valence-electron chi connectivity index (χ4n) is 2.28. The second-order valence-corrected chi connectivity index (χ2v) is 6.02. The van der Waals surface area contributed by atoms with Crippen LogP contribution in [0, 0.1) is 12.7 Å². The third-order valence-electron chi connectivity index (χ3n) is 4.06. The Kier molecular flexibility index (Phi) is 7.79. The number of benzene rings is 1. The lowest BCUT2D eigenvalue weighted by Crippen LogP contribution is -2.42. The summed E-state index contributed by atoms with van der Waals surface area (Å²) in [6, 6.07) is 6.40. The van der Waals surface area contributed by atoms with Crippen LogP contribution in [0.2, 0.25) is 0 Å². The van der Waals surface area contributed by atoms with E-state index < -0.39 is 0 Å². The third kappa shape index (κ3) is 6.09. The predicted octanol–water partition coefficient (Wildman–Crippen LogP) is 2.34. The first-order chi connectivity index (χ1) is 13.0. The molecule has 2 aromatic rings. The monoisotopic (exact) mass is 374 g/mol. The Morgan fingerprint density at radius 1 is 1.37 bits per heavy atom. The highest BCUT2D eigenvalue weighted by atomic mass is 19.1. The standard InChI is InChI=1S/C19H27FN6O/c1-5-11-21-19(23-13-18-25-24-14(3)26(18)4)22-12-15(6-2)27-17-10-8-7-9-16(17)20/h5,7-10,15H,1,6,11-13H2,2-4H3,(H2,21,22,23). The number of para-hydroxylation sites is 1. The molecule has 1 heterocycles. The first-order valence-electron chi connectivity index (χ1n) is 8.94. The number of halogens is 1. The van der Waals surface area contributed by atoms with Crippen molar-refractivity contribution in [1.82, 2.24) is 25.4 Å². The minimum atomic E-state index is -0.368. The normalized spacial score (nSPS) is 12.5. The molecule has 1 atom stereocenters. The number of nitrogens with one attached hydrogen (secondary N) is 2. The van der Waals surface area contributed by atoms with E-state index in [2.05, 4.69) is 32.4 Å². The number of ether oxygens (including phenoxy) is 1. The molecule has 27 heavy (non-hydrogen) atoms. The van der Waals surface area contributed by atoms with Crippen LogP contribution in [-0.4, -0.2) is 39.9 Å². The topological polar surface area (TPSA) is 76.4 Å². The summed E-state index contributed by atoms with van der Waals surface area (Å²) in [6.07, 6.45) is 2.27. The van der Waals surface area contributed by atoms with Crippen LogP contribution in [0.25, 0.3) is 0 Å². The highest BCUT2D eigenvalue weighted by Crippen LogP contribution is 2.17. The number of guanidine groups is 1. The van der Waals surface area contributed by atoms with Gasteiger partial charge in [-0.15, -0.1) is 16.8 Å². The molecule has 0 aliphatic carbocycles. The van der Waals surface area contributed by atoms with Crippen LogP contribution in [0.4, 0.5) is 4.39 Å². The van der Waals surface area contributed by atoms with Crippen molar-refractivity contribution >= 4 is 5.96 Å². The van der Waals surface area contributed by atoms with E-state index in [0.29, 0.717) is 25.6 Å². The average molecular weight is 374 g/mol. The van der Waals surface area contributed by atoms with Gasteiger partial charge >= 0.3 is 0 Å². The second kappa shape index (κ2) is 10.3. The molecule has 0 fully saturated rings. The number of aliphatic imine (C=N–C) groups is 1. The molecule has 146 valence electrons. The van der Waals surface area contributed by atoms with Crippen LogP contribution in [-0.2, 0) is 13.6 Å². The Balaban J connectivity index is 1.99. The number of aromatic nitrogens is 3. The molecule has 8 heteroatoms. The van der Waals surface area contributed by atoms with E-state index in [1.54, 1.807) is 24.3 Å². The van der Waals surface area contributed by atoms with Gasteiger partial charge in [0.2, 0.25) is 0 Å². The van der Waals surface area contributed by atoms with Crippen molar-refractivity contribution < 1.29 is 9.13 Å². The maximum atomic E-state index is 13.8. The fourth-order valence-corrected chi connectivity index (χ4v) is 2.28. The highest BCUT2D eigenvalue weighted by molar-refractivity contribution is 5.79. The molecule has 7 nitrogen and oxygen atoms in total. The Bertz CT molecular complexity index is 773. The Morgan fingerprint density at radius 2 is 2.15 bits per heavy atom. The second-order valence-electron chi connectivity index (χ2n) is 6.02. The van der Waals surface area contributed by atoms with Crippen molar-refractivity contribution in [1.29, 1.82) is 0 Å². The van der Waals surface area contributed by atoms with Gasteiger partial charge in [0.1, 0.15) is 18.5 Å². The van der Waals surface area contributed by atoms with Crippen molar-refractivity contribution in [2.75, 3.05) is 13.1 Å². The molecule has 1 unspecified atom stereocenters. The molecule has 1 aromatic heterocycles. The van der Waals surface area contributed by atoms with Crippen LogP contribution >= 0.6 is 0 Å². The lowest BCUT2D eigenvalue weighted by Gasteiger charge is -2.20. The summed E-state index contributed by atoms with van der Waals surface area (Å²) in [7, 11) is 1.90.